The summed E-state index contributed by atoms with van der Waals surface area (Å²) in [6, 6.07) is 5.36. The second-order valence-electron chi connectivity index (χ2n) is 8.37. The van der Waals surface area contributed by atoms with E-state index in [0.29, 0.717) is 71.3 Å². The molecule has 3 fully saturated rings. The fraction of sp³-hybridized carbons (Fsp3) is 0.652. The Morgan fingerprint density at radius 1 is 1.12 bits per heavy atom. The number of ether oxygens (including phenoxy) is 2. The average molecular weight is 448 g/mol. The van der Waals surface area contributed by atoms with E-state index in [9.17, 15) is 9.18 Å². The SMILES string of the molecule is CCNC(=NCc1ccc(N2CCOCC2)c(F)c1)N1CCN(C(=O)C2CCCO2)CC1. The van der Waals surface area contributed by atoms with Gasteiger partial charge in [0.25, 0.3) is 5.91 Å². The second-order valence-corrected chi connectivity index (χ2v) is 8.37. The number of anilines is 1. The molecule has 1 aromatic rings. The number of halogens is 1. The topological polar surface area (TPSA) is 69.6 Å². The number of aliphatic imine (C=N–C) groups is 1. The number of guanidine groups is 1. The molecule has 0 radical (unpaired) electrons. The van der Waals surface area contributed by atoms with Gasteiger partial charge < -0.3 is 29.5 Å². The number of amides is 1. The summed E-state index contributed by atoms with van der Waals surface area (Å²) in [6.07, 6.45) is 1.52. The molecule has 0 aliphatic carbocycles. The van der Waals surface area contributed by atoms with Crippen LogP contribution in [0, 0.1) is 5.82 Å². The van der Waals surface area contributed by atoms with Crippen LogP contribution in [0.4, 0.5) is 10.1 Å². The molecule has 9 heteroatoms. The van der Waals surface area contributed by atoms with Gasteiger partial charge in [0.15, 0.2) is 5.96 Å². The van der Waals surface area contributed by atoms with Crippen molar-refractivity contribution in [2.75, 3.05) is 70.5 Å². The highest BCUT2D eigenvalue weighted by Crippen LogP contribution is 2.22. The molecule has 3 aliphatic heterocycles. The first kappa shape index (κ1) is 22.8. The van der Waals surface area contributed by atoms with Crippen LogP contribution in [0.1, 0.15) is 25.3 Å². The summed E-state index contributed by atoms with van der Waals surface area (Å²) in [5, 5.41) is 3.33. The summed E-state index contributed by atoms with van der Waals surface area (Å²) in [7, 11) is 0. The predicted octanol–water partition coefficient (Wildman–Crippen LogP) is 1.45. The van der Waals surface area contributed by atoms with Gasteiger partial charge in [0.2, 0.25) is 0 Å². The highest BCUT2D eigenvalue weighted by Gasteiger charge is 2.30. The minimum Gasteiger partial charge on any atom is -0.378 e. The fourth-order valence-corrected chi connectivity index (χ4v) is 4.42. The summed E-state index contributed by atoms with van der Waals surface area (Å²) in [6.45, 7) is 9.29. The Bertz CT molecular complexity index is 801. The zero-order valence-corrected chi connectivity index (χ0v) is 18.9. The Morgan fingerprint density at radius 3 is 2.53 bits per heavy atom. The second kappa shape index (κ2) is 11.0. The number of rotatable bonds is 5. The zero-order valence-electron chi connectivity index (χ0n) is 18.9. The minimum atomic E-state index is -0.265. The number of nitrogens with one attached hydrogen (secondary N) is 1. The van der Waals surface area contributed by atoms with Gasteiger partial charge in [0.05, 0.1) is 25.4 Å². The van der Waals surface area contributed by atoms with Crippen molar-refractivity contribution in [1.29, 1.82) is 0 Å². The number of carbonyl (C=O) groups is 1. The number of morpholine rings is 1. The van der Waals surface area contributed by atoms with Gasteiger partial charge in [-0.2, -0.15) is 0 Å². The quantitative estimate of drug-likeness (QED) is 0.544. The van der Waals surface area contributed by atoms with Crippen LogP contribution in [0.2, 0.25) is 0 Å². The molecule has 8 nitrogen and oxygen atoms in total. The molecule has 0 bridgehead atoms. The van der Waals surface area contributed by atoms with E-state index < -0.39 is 0 Å². The highest BCUT2D eigenvalue weighted by molar-refractivity contribution is 5.82. The molecule has 0 saturated carbocycles. The lowest BCUT2D eigenvalue weighted by atomic mass is 10.1. The molecule has 0 spiro atoms. The van der Waals surface area contributed by atoms with E-state index in [1.54, 1.807) is 6.07 Å². The van der Waals surface area contributed by atoms with E-state index in [4.69, 9.17) is 14.5 Å². The lowest BCUT2D eigenvalue weighted by Crippen LogP contribution is -2.55. The monoisotopic (exact) mass is 447 g/mol. The lowest BCUT2D eigenvalue weighted by Gasteiger charge is -2.37. The van der Waals surface area contributed by atoms with Crippen LogP contribution in [0.15, 0.2) is 23.2 Å². The van der Waals surface area contributed by atoms with E-state index in [1.165, 1.54) is 0 Å². The summed E-state index contributed by atoms with van der Waals surface area (Å²) in [5.74, 6) is 0.695. The first-order chi connectivity index (χ1) is 15.7. The van der Waals surface area contributed by atoms with E-state index in [-0.39, 0.29) is 17.8 Å². The Hall–Kier alpha value is -2.39. The molecule has 3 saturated heterocycles. The third-order valence-corrected chi connectivity index (χ3v) is 6.21. The number of hydrogen-bond acceptors (Lipinski definition) is 5. The Morgan fingerprint density at radius 2 is 1.88 bits per heavy atom. The molecule has 1 unspecified atom stereocenters. The van der Waals surface area contributed by atoms with Crippen molar-refractivity contribution in [3.63, 3.8) is 0 Å². The Labute approximate surface area is 189 Å². The van der Waals surface area contributed by atoms with E-state index in [1.807, 2.05) is 28.9 Å². The van der Waals surface area contributed by atoms with E-state index >= 15 is 0 Å². The maximum Gasteiger partial charge on any atom is 0.251 e. The van der Waals surface area contributed by atoms with Crippen molar-refractivity contribution < 1.29 is 18.7 Å². The first-order valence-electron chi connectivity index (χ1n) is 11.7. The van der Waals surface area contributed by atoms with E-state index in [2.05, 4.69) is 10.2 Å². The van der Waals surface area contributed by atoms with Crippen LogP contribution in [0.3, 0.4) is 0 Å². The van der Waals surface area contributed by atoms with Gasteiger partial charge in [-0.3, -0.25) is 4.79 Å². The normalized spacial score (nSPS) is 22.4. The summed E-state index contributed by atoms with van der Waals surface area (Å²) >= 11 is 0. The fourth-order valence-electron chi connectivity index (χ4n) is 4.42. The van der Waals surface area contributed by atoms with Crippen molar-refractivity contribution >= 4 is 17.6 Å². The molecular formula is C23H34FN5O3. The first-order valence-corrected chi connectivity index (χ1v) is 11.7. The molecule has 0 aromatic heterocycles. The molecule has 3 heterocycles. The summed E-state index contributed by atoms with van der Waals surface area (Å²) in [4.78, 5) is 23.4. The van der Waals surface area contributed by atoms with Crippen molar-refractivity contribution in [3.05, 3.63) is 29.6 Å². The van der Waals surface area contributed by atoms with Crippen molar-refractivity contribution in [2.24, 2.45) is 4.99 Å². The lowest BCUT2D eigenvalue weighted by molar-refractivity contribution is -0.142. The van der Waals surface area contributed by atoms with Gasteiger partial charge in [-0.05, 0) is 37.5 Å². The minimum absolute atomic E-state index is 0.111. The molecule has 1 atom stereocenters. The molecule has 3 aliphatic rings. The average Bonchev–Trinajstić information content (AvgIpc) is 3.37. The third-order valence-electron chi connectivity index (χ3n) is 6.21. The van der Waals surface area contributed by atoms with Gasteiger partial charge in [0.1, 0.15) is 11.9 Å². The van der Waals surface area contributed by atoms with Gasteiger partial charge in [-0.1, -0.05) is 6.07 Å². The predicted molar refractivity (Wildman–Crippen MR) is 121 cm³/mol. The third kappa shape index (κ3) is 5.50. The number of hydrogen-bond donors (Lipinski definition) is 1. The highest BCUT2D eigenvalue weighted by atomic mass is 19.1. The van der Waals surface area contributed by atoms with Crippen molar-refractivity contribution in [2.45, 2.75) is 32.4 Å². The Balaban J connectivity index is 1.35. The van der Waals surface area contributed by atoms with Crippen molar-refractivity contribution in [1.82, 2.24) is 15.1 Å². The molecule has 1 aromatic carbocycles. The maximum atomic E-state index is 14.7. The molecule has 32 heavy (non-hydrogen) atoms. The standard InChI is InChI=1S/C23H34FN5O3/c1-2-25-23(29-9-7-28(8-10-29)22(30)21-4-3-13-32-21)26-17-18-5-6-20(19(24)16-18)27-11-14-31-15-12-27/h5-6,16,21H,2-4,7-15,17H2,1H3,(H,25,26). The van der Waals surface area contributed by atoms with Crippen molar-refractivity contribution in [3.8, 4) is 0 Å². The summed E-state index contributed by atoms with van der Waals surface area (Å²) < 4.78 is 25.6. The Kier molecular flexibility index (Phi) is 7.81. The van der Waals surface area contributed by atoms with Gasteiger partial charge in [-0.25, -0.2) is 9.38 Å². The van der Waals surface area contributed by atoms with Gasteiger partial charge in [-0.15, -0.1) is 0 Å². The van der Waals surface area contributed by atoms with Crippen LogP contribution < -0.4 is 10.2 Å². The smallest absolute Gasteiger partial charge is 0.251 e. The van der Waals surface area contributed by atoms with Gasteiger partial charge in [0, 0.05) is 52.4 Å². The molecule has 4 rings (SSSR count). The number of piperazine rings is 1. The number of carbonyl (C=O) groups excluding carboxylic acids is 1. The van der Waals surface area contributed by atoms with Crippen LogP contribution in [-0.2, 0) is 20.8 Å². The molecule has 1 amide bonds. The summed E-state index contributed by atoms with van der Waals surface area (Å²) in [5.41, 5.74) is 1.46. The molecule has 176 valence electrons. The molecular weight excluding hydrogens is 413 g/mol. The number of nitrogens with zero attached hydrogens (tertiary/aromatic N) is 4. The van der Waals surface area contributed by atoms with Crippen LogP contribution >= 0.6 is 0 Å². The van der Waals surface area contributed by atoms with Crippen LogP contribution in [0.5, 0.6) is 0 Å². The molecule has 1 N–H and O–H groups in total. The van der Waals surface area contributed by atoms with E-state index in [0.717, 1.165) is 30.9 Å². The van der Waals surface area contributed by atoms with Crippen LogP contribution in [-0.4, -0.2) is 93.4 Å². The van der Waals surface area contributed by atoms with Gasteiger partial charge >= 0.3 is 0 Å². The maximum absolute atomic E-state index is 14.7. The van der Waals surface area contributed by atoms with Crippen LogP contribution in [0.25, 0.3) is 0 Å². The number of benzene rings is 1. The largest absolute Gasteiger partial charge is 0.378 e. The zero-order chi connectivity index (χ0) is 22.3.